The summed E-state index contributed by atoms with van der Waals surface area (Å²) in [5.41, 5.74) is 1.99. The van der Waals surface area contributed by atoms with Gasteiger partial charge in [0.25, 0.3) is 0 Å². The van der Waals surface area contributed by atoms with E-state index in [1.165, 1.54) is 12.1 Å². The lowest BCUT2D eigenvalue weighted by atomic mass is 10.1. The average molecular weight is 400 g/mol. The van der Waals surface area contributed by atoms with Gasteiger partial charge in [0.2, 0.25) is 5.91 Å². The van der Waals surface area contributed by atoms with Gasteiger partial charge in [0.1, 0.15) is 11.6 Å². The number of amides is 1. The van der Waals surface area contributed by atoms with E-state index in [0.29, 0.717) is 0 Å². The average Bonchev–Trinajstić information content (AvgIpc) is 3.00. The number of halogens is 1. The smallest absolute Gasteiger partial charge is 0.237 e. The molecule has 1 aliphatic heterocycles. The van der Waals surface area contributed by atoms with Crippen molar-refractivity contribution in [3.05, 3.63) is 59.9 Å². The molecule has 6 heteroatoms. The summed E-state index contributed by atoms with van der Waals surface area (Å²) >= 11 is 0. The van der Waals surface area contributed by atoms with Crippen molar-refractivity contribution in [3.63, 3.8) is 0 Å². The van der Waals surface area contributed by atoms with Gasteiger partial charge in [0.05, 0.1) is 19.2 Å². The van der Waals surface area contributed by atoms with E-state index in [2.05, 4.69) is 15.1 Å². The fraction of sp³-hybridized carbons (Fsp3) is 0.435. The normalized spacial score (nSPS) is 17.3. The Bertz CT molecular complexity index is 812. The first-order chi connectivity index (χ1) is 14.0. The first-order valence-electron chi connectivity index (χ1n) is 10.2. The monoisotopic (exact) mass is 399 g/mol. The van der Waals surface area contributed by atoms with Crippen LogP contribution < -0.4 is 15.0 Å². The molecule has 0 aromatic heterocycles. The van der Waals surface area contributed by atoms with Gasteiger partial charge >= 0.3 is 0 Å². The fourth-order valence-corrected chi connectivity index (χ4v) is 3.84. The quantitative estimate of drug-likeness (QED) is 0.806. The standard InChI is InChI=1S/C23H30FN3O2/c1-17(21-7-4-5-8-22(21)29-3)25-23(28)18(2)26-13-6-14-27(16-15-26)20-11-9-19(24)10-12-20/h4-5,7-12,17-18H,6,13-16H2,1-3H3,(H,25,28). The molecule has 1 saturated heterocycles. The van der Waals surface area contributed by atoms with Crippen LogP contribution in [0.2, 0.25) is 0 Å². The number of benzene rings is 2. The number of para-hydroxylation sites is 1. The number of hydrogen-bond acceptors (Lipinski definition) is 4. The molecule has 0 spiro atoms. The highest BCUT2D eigenvalue weighted by Crippen LogP contribution is 2.24. The number of carbonyl (C=O) groups excluding carboxylic acids is 1. The van der Waals surface area contributed by atoms with E-state index < -0.39 is 0 Å². The second kappa shape index (κ2) is 9.74. The van der Waals surface area contributed by atoms with Gasteiger partial charge in [0.15, 0.2) is 0 Å². The van der Waals surface area contributed by atoms with Crippen LogP contribution in [0.5, 0.6) is 5.75 Å². The zero-order chi connectivity index (χ0) is 20.8. The highest BCUT2D eigenvalue weighted by Gasteiger charge is 2.25. The Morgan fingerprint density at radius 2 is 1.76 bits per heavy atom. The second-order valence-electron chi connectivity index (χ2n) is 7.50. The topological polar surface area (TPSA) is 44.8 Å². The summed E-state index contributed by atoms with van der Waals surface area (Å²) in [7, 11) is 1.64. The van der Waals surface area contributed by atoms with Crippen LogP contribution in [-0.2, 0) is 4.79 Å². The van der Waals surface area contributed by atoms with Crippen molar-refractivity contribution < 1.29 is 13.9 Å². The Balaban J connectivity index is 1.58. The molecule has 1 N–H and O–H groups in total. The largest absolute Gasteiger partial charge is 0.496 e. The molecule has 0 radical (unpaired) electrons. The van der Waals surface area contributed by atoms with E-state index in [1.807, 2.05) is 50.2 Å². The number of anilines is 1. The maximum absolute atomic E-state index is 13.2. The van der Waals surface area contributed by atoms with Crippen LogP contribution in [0.4, 0.5) is 10.1 Å². The van der Waals surface area contributed by atoms with Crippen molar-refractivity contribution in [2.45, 2.75) is 32.4 Å². The second-order valence-corrected chi connectivity index (χ2v) is 7.50. The van der Waals surface area contributed by atoms with Gasteiger partial charge in [-0.1, -0.05) is 18.2 Å². The molecule has 2 aromatic carbocycles. The third kappa shape index (κ3) is 5.26. The molecule has 1 fully saturated rings. The highest BCUT2D eigenvalue weighted by atomic mass is 19.1. The van der Waals surface area contributed by atoms with Crippen LogP contribution in [0.1, 0.15) is 31.9 Å². The number of methoxy groups -OCH3 is 1. The Morgan fingerprint density at radius 1 is 1.03 bits per heavy atom. The number of nitrogens with one attached hydrogen (secondary N) is 1. The summed E-state index contributed by atoms with van der Waals surface area (Å²) in [4.78, 5) is 17.3. The zero-order valence-electron chi connectivity index (χ0n) is 17.4. The fourth-order valence-electron chi connectivity index (χ4n) is 3.84. The summed E-state index contributed by atoms with van der Waals surface area (Å²) in [5.74, 6) is 0.566. The van der Waals surface area contributed by atoms with Crippen LogP contribution >= 0.6 is 0 Å². The van der Waals surface area contributed by atoms with E-state index in [4.69, 9.17) is 4.74 Å². The molecule has 5 nitrogen and oxygen atoms in total. The minimum Gasteiger partial charge on any atom is -0.496 e. The van der Waals surface area contributed by atoms with Crippen LogP contribution in [0.3, 0.4) is 0 Å². The molecule has 0 saturated carbocycles. The van der Waals surface area contributed by atoms with Crippen LogP contribution in [0.15, 0.2) is 48.5 Å². The van der Waals surface area contributed by atoms with Gasteiger partial charge < -0.3 is 15.0 Å². The van der Waals surface area contributed by atoms with Gasteiger partial charge in [-0.05, 0) is 50.6 Å². The van der Waals surface area contributed by atoms with Gasteiger partial charge in [-0.2, -0.15) is 0 Å². The molecule has 1 aliphatic rings. The molecule has 156 valence electrons. The van der Waals surface area contributed by atoms with Gasteiger partial charge in [-0.25, -0.2) is 4.39 Å². The number of ether oxygens (including phenoxy) is 1. The predicted octanol–water partition coefficient (Wildman–Crippen LogP) is 3.61. The summed E-state index contributed by atoms with van der Waals surface area (Å²) in [6, 6.07) is 14.0. The Kier molecular flexibility index (Phi) is 7.09. The van der Waals surface area contributed by atoms with Crippen LogP contribution in [-0.4, -0.2) is 50.1 Å². The molecule has 3 rings (SSSR count). The van der Waals surface area contributed by atoms with Crippen LogP contribution in [0, 0.1) is 5.82 Å². The van der Waals surface area contributed by atoms with Crippen molar-refractivity contribution in [3.8, 4) is 5.75 Å². The van der Waals surface area contributed by atoms with Crippen molar-refractivity contribution >= 4 is 11.6 Å². The van der Waals surface area contributed by atoms with Crippen molar-refractivity contribution in [1.29, 1.82) is 0 Å². The SMILES string of the molecule is COc1ccccc1C(C)NC(=O)C(C)N1CCCN(c2ccc(F)cc2)CC1. The zero-order valence-corrected chi connectivity index (χ0v) is 17.4. The number of carbonyl (C=O) groups is 1. The molecule has 2 aromatic rings. The molecular formula is C23H30FN3O2. The summed E-state index contributed by atoms with van der Waals surface area (Å²) in [6.45, 7) is 7.28. The number of hydrogen-bond donors (Lipinski definition) is 1. The van der Waals surface area contributed by atoms with E-state index in [1.54, 1.807) is 7.11 Å². The maximum atomic E-state index is 13.2. The third-order valence-corrected chi connectivity index (χ3v) is 5.61. The number of rotatable bonds is 6. The lowest BCUT2D eigenvalue weighted by Gasteiger charge is -2.28. The molecular weight excluding hydrogens is 369 g/mol. The maximum Gasteiger partial charge on any atom is 0.237 e. The molecule has 29 heavy (non-hydrogen) atoms. The lowest BCUT2D eigenvalue weighted by Crippen LogP contribution is -2.47. The van der Waals surface area contributed by atoms with E-state index in [-0.39, 0.29) is 23.8 Å². The number of nitrogens with zero attached hydrogens (tertiary/aromatic N) is 2. The highest BCUT2D eigenvalue weighted by molar-refractivity contribution is 5.81. The molecule has 0 aliphatic carbocycles. The molecule has 2 unspecified atom stereocenters. The van der Waals surface area contributed by atoms with E-state index in [9.17, 15) is 9.18 Å². The van der Waals surface area contributed by atoms with Gasteiger partial charge in [0, 0.05) is 37.4 Å². The summed E-state index contributed by atoms with van der Waals surface area (Å²) < 4.78 is 18.6. The van der Waals surface area contributed by atoms with E-state index >= 15 is 0 Å². The Morgan fingerprint density at radius 3 is 2.48 bits per heavy atom. The van der Waals surface area contributed by atoms with Crippen molar-refractivity contribution in [2.24, 2.45) is 0 Å². The van der Waals surface area contributed by atoms with Crippen molar-refractivity contribution in [1.82, 2.24) is 10.2 Å². The third-order valence-electron chi connectivity index (χ3n) is 5.61. The van der Waals surface area contributed by atoms with E-state index in [0.717, 1.165) is 49.6 Å². The Hall–Kier alpha value is -2.60. The summed E-state index contributed by atoms with van der Waals surface area (Å²) in [5, 5.41) is 3.12. The minimum absolute atomic E-state index is 0.0126. The predicted molar refractivity (Wildman–Crippen MR) is 114 cm³/mol. The molecule has 2 atom stereocenters. The molecule has 1 heterocycles. The Labute approximate surface area is 172 Å². The molecule has 0 bridgehead atoms. The first kappa shape index (κ1) is 21.1. The van der Waals surface area contributed by atoms with Gasteiger partial charge in [-0.15, -0.1) is 0 Å². The summed E-state index contributed by atoms with van der Waals surface area (Å²) in [6.07, 6.45) is 0.955. The minimum atomic E-state index is -0.223. The van der Waals surface area contributed by atoms with Gasteiger partial charge in [-0.3, -0.25) is 9.69 Å². The first-order valence-corrected chi connectivity index (χ1v) is 10.2. The van der Waals surface area contributed by atoms with Crippen LogP contribution in [0.25, 0.3) is 0 Å². The van der Waals surface area contributed by atoms with Crippen molar-refractivity contribution in [2.75, 3.05) is 38.2 Å². The molecule has 1 amide bonds. The lowest BCUT2D eigenvalue weighted by molar-refractivity contribution is -0.126.